The SMILES string of the molecule is COc1ccc(-c2cc(-c3[nH]c4c(C)c(C)ccc4c3-c3ccccc3)no2)cc1. The molecule has 3 aromatic carbocycles. The van der Waals surface area contributed by atoms with Crippen molar-refractivity contribution in [3.63, 3.8) is 0 Å². The van der Waals surface area contributed by atoms with Gasteiger partial charge in [-0.2, -0.15) is 0 Å². The predicted molar refractivity (Wildman–Crippen MR) is 121 cm³/mol. The topological polar surface area (TPSA) is 51.0 Å². The lowest BCUT2D eigenvalue weighted by molar-refractivity contribution is 0.414. The van der Waals surface area contributed by atoms with Crippen LogP contribution in [0.2, 0.25) is 0 Å². The quantitative estimate of drug-likeness (QED) is 0.365. The molecule has 0 aliphatic rings. The lowest BCUT2D eigenvalue weighted by atomic mass is 9.98. The summed E-state index contributed by atoms with van der Waals surface area (Å²) in [6.07, 6.45) is 0. The molecule has 2 heterocycles. The Kier molecular flexibility index (Phi) is 4.40. The van der Waals surface area contributed by atoms with Crippen LogP contribution in [0, 0.1) is 13.8 Å². The van der Waals surface area contributed by atoms with Crippen LogP contribution < -0.4 is 4.74 Å². The minimum Gasteiger partial charge on any atom is -0.497 e. The number of fused-ring (bicyclic) bond motifs is 1. The molecule has 0 spiro atoms. The Bertz CT molecular complexity index is 1330. The van der Waals surface area contributed by atoms with Crippen molar-refractivity contribution < 1.29 is 9.26 Å². The number of hydrogen-bond acceptors (Lipinski definition) is 3. The zero-order chi connectivity index (χ0) is 20.7. The van der Waals surface area contributed by atoms with E-state index in [0.717, 1.165) is 45.1 Å². The summed E-state index contributed by atoms with van der Waals surface area (Å²) in [7, 11) is 1.66. The molecule has 0 amide bonds. The van der Waals surface area contributed by atoms with Gasteiger partial charge in [0.2, 0.25) is 0 Å². The molecule has 0 fully saturated rings. The minimum atomic E-state index is 0.721. The predicted octanol–water partition coefficient (Wildman–Crippen LogP) is 6.78. The molecule has 4 nitrogen and oxygen atoms in total. The van der Waals surface area contributed by atoms with Gasteiger partial charge in [0.15, 0.2) is 5.76 Å². The van der Waals surface area contributed by atoms with Gasteiger partial charge in [-0.1, -0.05) is 47.6 Å². The first-order valence-corrected chi connectivity index (χ1v) is 9.94. The average Bonchev–Trinajstić information content (AvgIpc) is 3.42. The van der Waals surface area contributed by atoms with E-state index in [1.165, 1.54) is 16.5 Å². The van der Waals surface area contributed by atoms with Crippen molar-refractivity contribution in [1.29, 1.82) is 0 Å². The highest BCUT2D eigenvalue weighted by Gasteiger charge is 2.20. The van der Waals surface area contributed by atoms with Gasteiger partial charge in [0.05, 0.1) is 12.8 Å². The third-order valence-electron chi connectivity index (χ3n) is 5.71. The maximum absolute atomic E-state index is 5.71. The van der Waals surface area contributed by atoms with Crippen LogP contribution in [-0.2, 0) is 0 Å². The molecule has 0 aliphatic carbocycles. The Hall–Kier alpha value is -3.79. The molecule has 0 radical (unpaired) electrons. The summed E-state index contributed by atoms with van der Waals surface area (Å²) in [6, 6.07) is 24.5. The molecule has 5 aromatic rings. The largest absolute Gasteiger partial charge is 0.497 e. The second-order valence-corrected chi connectivity index (χ2v) is 7.48. The number of methoxy groups -OCH3 is 1. The zero-order valence-corrected chi connectivity index (χ0v) is 17.2. The zero-order valence-electron chi connectivity index (χ0n) is 17.2. The molecular weight excluding hydrogens is 372 g/mol. The number of nitrogens with one attached hydrogen (secondary N) is 1. The van der Waals surface area contributed by atoms with Crippen LogP contribution in [0.25, 0.3) is 44.7 Å². The van der Waals surface area contributed by atoms with Crippen LogP contribution in [0.15, 0.2) is 77.3 Å². The third-order valence-corrected chi connectivity index (χ3v) is 5.71. The van der Waals surface area contributed by atoms with Crippen LogP contribution in [0.1, 0.15) is 11.1 Å². The second kappa shape index (κ2) is 7.23. The van der Waals surface area contributed by atoms with Crippen molar-refractivity contribution in [2.45, 2.75) is 13.8 Å². The molecule has 0 saturated heterocycles. The van der Waals surface area contributed by atoms with Crippen LogP contribution >= 0.6 is 0 Å². The van der Waals surface area contributed by atoms with E-state index in [0.29, 0.717) is 0 Å². The van der Waals surface area contributed by atoms with Crippen molar-refractivity contribution in [3.8, 4) is 39.6 Å². The number of aromatic amines is 1. The summed E-state index contributed by atoms with van der Waals surface area (Å²) >= 11 is 0. The van der Waals surface area contributed by atoms with Crippen molar-refractivity contribution >= 4 is 10.9 Å². The molecule has 0 saturated carbocycles. The average molecular weight is 394 g/mol. The van der Waals surface area contributed by atoms with Gasteiger partial charge in [-0.05, 0) is 54.8 Å². The molecule has 2 aromatic heterocycles. The molecule has 30 heavy (non-hydrogen) atoms. The Labute approximate surface area is 175 Å². The summed E-state index contributed by atoms with van der Waals surface area (Å²) in [5.74, 6) is 1.53. The normalized spacial score (nSPS) is 11.2. The maximum Gasteiger partial charge on any atom is 0.167 e. The van der Waals surface area contributed by atoms with E-state index < -0.39 is 0 Å². The fraction of sp³-hybridized carbons (Fsp3) is 0.115. The number of rotatable bonds is 4. The van der Waals surface area contributed by atoms with Crippen molar-refractivity contribution in [2.75, 3.05) is 7.11 Å². The first-order valence-electron chi connectivity index (χ1n) is 9.94. The monoisotopic (exact) mass is 394 g/mol. The van der Waals surface area contributed by atoms with Crippen molar-refractivity contribution in [3.05, 3.63) is 83.9 Å². The van der Waals surface area contributed by atoms with Gasteiger partial charge >= 0.3 is 0 Å². The molecule has 1 N–H and O–H groups in total. The van der Waals surface area contributed by atoms with E-state index in [-0.39, 0.29) is 0 Å². The number of hydrogen-bond donors (Lipinski definition) is 1. The summed E-state index contributed by atoms with van der Waals surface area (Å²) in [5, 5.41) is 5.59. The highest BCUT2D eigenvalue weighted by atomic mass is 16.5. The van der Waals surface area contributed by atoms with E-state index in [2.05, 4.69) is 60.4 Å². The Balaban J connectivity index is 1.69. The summed E-state index contributed by atoms with van der Waals surface area (Å²) in [5.41, 5.74) is 8.64. The maximum atomic E-state index is 5.71. The van der Waals surface area contributed by atoms with Gasteiger partial charge in [-0.15, -0.1) is 0 Å². The van der Waals surface area contributed by atoms with Crippen LogP contribution in [-0.4, -0.2) is 17.3 Å². The van der Waals surface area contributed by atoms with E-state index in [1.54, 1.807) is 7.11 Å². The number of aryl methyl sites for hydroxylation is 2. The first-order chi connectivity index (χ1) is 14.7. The molecule has 0 aliphatic heterocycles. The number of benzene rings is 3. The molecule has 148 valence electrons. The first kappa shape index (κ1) is 18.3. The van der Waals surface area contributed by atoms with Crippen molar-refractivity contribution in [2.24, 2.45) is 0 Å². The lowest BCUT2D eigenvalue weighted by Gasteiger charge is -2.04. The Morgan fingerprint density at radius 3 is 2.37 bits per heavy atom. The van der Waals surface area contributed by atoms with Crippen LogP contribution in [0.4, 0.5) is 0 Å². The van der Waals surface area contributed by atoms with Gasteiger partial charge in [-0.3, -0.25) is 0 Å². The van der Waals surface area contributed by atoms with E-state index >= 15 is 0 Å². The molecular formula is C26H22N2O2. The number of ether oxygens (including phenoxy) is 1. The summed E-state index contributed by atoms with van der Waals surface area (Å²) < 4.78 is 11.0. The van der Waals surface area contributed by atoms with Gasteiger partial charge < -0.3 is 14.2 Å². The van der Waals surface area contributed by atoms with Crippen LogP contribution in [0.5, 0.6) is 5.75 Å². The van der Waals surface area contributed by atoms with Gasteiger partial charge in [0.25, 0.3) is 0 Å². The summed E-state index contributed by atoms with van der Waals surface area (Å²) in [4.78, 5) is 3.63. The minimum absolute atomic E-state index is 0.721. The third kappa shape index (κ3) is 2.98. The fourth-order valence-electron chi connectivity index (χ4n) is 3.89. The van der Waals surface area contributed by atoms with Gasteiger partial charge in [-0.25, -0.2) is 0 Å². The molecule has 0 atom stereocenters. The highest BCUT2D eigenvalue weighted by Crippen LogP contribution is 2.40. The molecule has 0 bridgehead atoms. The van der Waals surface area contributed by atoms with Crippen LogP contribution in [0.3, 0.4) is 0 Å². The standard InChI is InChI=1S/C26H22N2O2/c1-16-9-14-21-24(19-7-5-4-6-8-19)26(27-25(21)17(16)2)22-15-23(30-28-22)18-10-12-20(29-3)13-11-18/h4-15,27H,1-3H3. The van der Waals surface area contributed by atoms with Crippen molar-refractivity contribution in [1.82, 2.24) is 10.1 Å². The van der Waals surface area contributed by atoms with Gasteiger partial charge in [0, 0.05) is 28.1 Å². The smallest absolute Gasteiger partial charge is 0.167 e. The van der Waals surface area contributed by atoms with E-state index in [9.17, 15) is 0 Å². The van der Waals surface area contributed by atoms with Gasteiger partial charge in [0.1, 0.15) is 11.4 Å². The lowest BCUT2D eigenvalue weighted by Crippen LogP contribution is -1.82. The fourth-order valence-corrected chi connectivity index (χ4v) is 3.89. The van der Waals surface area contributed by atoms with E-state index in [1.807, 2.05) is 36.4 Å². The molecule has 0 unspecified atom stereocenters. The number of aromatic nitrogens is 2. The number of H-pyrrole nitrogens is 1. The Morgan fingerprint density at radius 1 is 0.867 bits per heavy atom. The highest BCUT2D eigenvalue weighted by molar-refractivity contribution is 6.04. The summed E-state index contributed by atoms with van der Waals surface area (Å²) in [6.45, 7) is 4.29. The van der Waals surface area contributed by atoms with E-state index in [4.69, 9.17) is 9.26 Å². The molecule has 4 heteroatoms. The second-order valence-electron chi connectivity index (χ2n) is 7.48. The number of nitrogens with zero attached hydrogens (tertiary/aromatic N) is 1. The Morgan fingerprint density at radius 2 is 1.63 bits per heavy atom. The molecule has 5 rings (SSSR count).